The van der Waals surface area contributed by atoms with Crippen LogP contribution in [0.2, 0.25) is 0 Å². The molecule has 0 unspecified atom stereocenters. The molecule has 0 aliphatic carbocycles. The van der Waals surface area contributed by atoms with Crippen LogP contribution >= 0.6 is 0 Å². The lowest BCUT2D eigenvalue weighted by Crippen LogP contribution is -2.43. The highest BCUT2D eigenvalue weighted by atomic mass is 32.2. The van der Waals surface area contributed by atoms with Crippen molar-refractivity contribution in [3.05, 3.63) is 90.0 Å². The number of benzene rings is 3. The molecule has 0 bridgehead atoms. The van der Waals surface area contributed by atoms with Gasteiger partial charge in [0, 0.05) is 38.4 Å². The second-order valence-electron chi connectivity index (χ2n) is 9.77. The van der Waals surface area contributed by atoms with Crippen LogP contribution in [0.25, 0.3) is 11.1 Å². The summed E-state index contributed by atoms with van der Waals surface area (Å²) >= 11 is 0. The van der Waals surface area contributed by atoms with E-state index in [9.17, 15) is 13.2 Å². The van der Waals surface area contributed by atoms with E-state index < -0.39 is 9.84 Å². The summed E-state index contributed by atoms with van der Waals surface area (Å²) in [5.74, 6) is 0.752. The Morgan fingerprint density at radius 1 is 0.857 bits per heavy atom. The minimum Gasteiger partial charge on any atom is -0.342 e. The molecule has 1 N–H and O–H groups in total. The minimum absolute atomic E-state index is 0.0835. The molecule has 3 aromatic rings. The summed E-state index contributed by atoms with van der Waals surface area (Å²) in [6, 6.07) is 25.9. The van der Waals surface area contributed by atoms with Crippen molar-refractivity contribution >= 4 is 15.7 Å². The van der Waals surface area contributed by atoms with Crippen molar-refractivity contribution in [3.8, 4) is 11.1 Å². The standard InChI is InChI=1S/C29H32N2O3S/c1-35(33,34)24-13-11-23(12-14-24)25-9-5-6-10-26(25)27-19-30-20-28(27)29(32)31-17-15-22(16-18-31)21-7-3-2-4-8-21/h2-14,22,27-28,30H,15-20H2,1H3/t27-,28+/m0/s1. The molecule has 1 amide bonds. The number of rotatable bonds is 5. The molecule has 3 aromatic carbocycles. The van der Waals surface area contributed by atoms with Gasteiger partial charge in [0.15, 0.2) is 9.84 Å². The predicted octanol–water partition coefficient (Wildman–Crippen LogP) is 4.47. The van der Waals surface area contributed by atoms with Gasteiger partial charge in [-0.05, 0) is 53.1 Å². The van der Waals surface area contributed by atoms with E-state index in [2.05, 4.69) is 46.6 Å². The van der Waals surface area contributed by atoms with E-state index in [1.54, 1.807) is 12.1 Å². The first-order valence-corrected chi connectivity index (χ1v) is 14.2. The Morgan fingerprint density at radius 3 is 2.20 bits per heavy atom. The van der Waals surface area contributed by atoms with Gasteiger partial charge in [-0.1, -0.05) is 66.7 Å². The molecule has 0 saturated carbocycles. The van der Waals surface area contributed by atoms with Crippen LogP contribution in [-0.2, 0) is 14.6 Å². The molecule has 2 saturated heterocycles. The van der Waals surface area contributed by atoms with Gasteiger partial charge in [-0.2, -0.15) is 0 Å². The van der Waals surface area contributed by atoms with Gasteiger partial charge in [-0.3, -0.25) is 4.79 Å². The number of nitrogens with one attached hydrogen (secondary N) is 1. The van der Waals surface area contributed by atoms with Crippen LogP contribution in [-0.4, -0.2) is 51.7 Å². The van der Waals surface area contributed by atoms with E-state index in [0.29, 0.717) is 17.4 Å². The molecule has 2 aliphatic rings. The SMILES string of the molecule is CS(=O)(=O)c1ccc(-c2ccccc2[C@@H]2CNC[C@H]2C(=O)N2CCC(c3ccccc3)CC2)cc1. The summed E-state index contributed by atoms with van der Waals surface area (Å²) in [7, 11) is -3.24. The molecular weight excluding hydrogens is 456 g/mol. The van der Waals surface area contributed by atoms with Gasteiger partial charge in [0.2, 0.25) is 5.91 Å². The Hall–Kier alpha value is -2.96. The smallest absolute Gasteiger partial charge is 0.227 e. The number of nitrogens with zero attached hydrogens (tertiary/aromatic N) is 1. The summed E-state index contributed by atoms with van der Waals surface area (Å²) in [6.07, 6.45) is 3.23. The first kappa shape index (κ1) is 23.8. The maximum atomic E-state index is 13.6. The third-order valence-corrected chi connectivity index (χ3v) is 8.69. The van der Waals surface area contributed by atoms with Crippen LogP contribution in [0, 0.1) is 5.92 Å². The van der Waals surface area contributed by atoms with Gasteiger partial charge in [-0.15, -0.1) is 0 Å². The first-order chi connectivity index (χ1) is 16.9. The summed E-state index contributed by atoms with van der Waals surface area (Å²) in [6.45, 7) is 3.05. The third kappa shape index (κ3) is 5.04. The molecular formula is C29H32N2O3S. The fraction of sp³-hybridized carbons (Fsp3) is 0.345. The van der Waals surface area contributed by atoms with Crippen LogP contribution in [0.4, 0.5) is 0 Å². The zero-order valence-electron chi connectivity index (χ0n) is 20.1. The lowest BCUT2D eigenvalue weighted by Gasteiger charge is -2.35. The molecule has 2 heterocycles. The molecule has 5 nitrogen and oxygen atoms in total. The first-order valence-electron chi connectivity index (χ1n) is 12.4. The van der Waals surface area contributed by atoms with E-state index >= 15 is 0 Å². The molecule has 5 rings (SSSR count). The highest BCUT2D eigenvalue weighted by Gasteiger charge is 2.38. The number of hydrogen-bond donors (Lipinski definition) is 1. The van der Waals surface area contributed by atoms with Crippen molar-refractivity contribution in [2.24, 2.45) is 5.92 Å². The molecule has 0 spiro atoms. The number of piperidine rings is 1. The van der Waals surface area contributed by atoms with Gasteiger partial charge in [-0.25, -0.2) is 8.42 Å². The quantitative estimate of drug-likeness (QED) is 0.576. The van der Waals surface area contributed by atoms with E-state index in [4.69, 9.17) is 0 Å². The van der Waals surface area contributed by atoms with Crippen LogP contribution < -0.4 is 5.32 Å². The Morgan fingerprint density at radius 2 is 1.51 bits per heavy atom. The Labute approximate surface area is 208 Å². The fourth-order valence-electron chi connectivity index (χ4n) is 5.62. The second-order valence-corrected chi connectivity index (χ2v) is 11.8. The Balaban J connectivity index is 1.34. The van der Waals surface area contributed by atoms with Crippen molar-refractivity contribution in [2.75, 3.05) is 32.4 Å². The molecule has 2 aliphatic heterocycles. The normalized spacial score (nSPS) is 21.2. The van der Waals surface area contributed by atoms with Crippen LogP contribution in [0.5, 0.6) is 0 Å². The highest BCUT2D eigenvalue weighted by molar-refractivity contribution is 7.90. The van der Waals surface area contributed by atoms with E-state index in [1.165, 1.54) is 11.8 Å². The summed E-state index contributed by atoms with van der Waals surface area (Å²) in [5.41, 5.74) is 4.54. The van der Waals surface area contributed by atoms with Gasteiger partial charge in [0.1, 0.15) is 0 Å². The molecule has 0 radical (unpaired) electrons. The topological polar surface area (TPSA) is 66.5 Å². The maximum absolute atomic E-state index is 13.6. The third-order valence-electron chi connectivity index (χ3n) is 7.56. The zero-order valence-corrected chi connectivity index (χ0v) is 20.9. The molecule has 2 atom stereocenters. The van der Waals surface area contributed by atoms with E-state index in [1.807, 2.05) is 30.3 Å². The monoisotopic (exact) mass is 488 g/mol. The van der Waals surface area contributed by atoms with E-state index in [0.717, 1.165) is 49.2 Å². The molecule has 35 heavy (non-hydrogen) atoms. The lowest BCUT2D eigenvalue weighted by molar-refractivity contribution is -0.136. The van der Waals surface area contributed by atoms with E-state index in [-0.39, 0.29) is 17.7 Å². The summed E-state index contributed by atoms with van der Waals surface area (Å²) < 4.78 is 23.8. The lowest BCUT2D eigenvalue weighted by atomic mass is 9.82. The Bertz CT molecular complexity index is 1280. The maximum Gasteiger partial charge on any atom is 0.227 e. The van der Waals surface area contributed by atoms with Crippen molar-refractivity contribution in [1.82, 2.24) is 10.2 Å². The number of carbonyl (C=O) groups is 1. The molecule has 2 fully saturated rings. The largest absolute Gasteiger partial charge is 0.342 e. The van der Waals surface area contributed by atoms with Crippen LogP contribution in [0.1, 0.15) is 35.8 Å². The van der Waals surface area contributed by atoms with Crippen molar-refractivity contribution in [2.45, 2.75) is 29.6 Å². The van der Waals surface area contributed by atoms with Gasteiger partial charge >= 0.3 is 0 Å². The van der Waals surface area contributed by atoms with Crippen molar-refractivity contribution < 1.29 is 13.2 Å². The minimum atomic E-state index is -3.24. The van der Waals surface area contributed by atoms with Gasteiger partial charge in [0.25, 0.3) is 0 Å². The van der Waals surface area contributed by atoms with Crippen LogP contribution in [0.3, 0.4) is 0 Å². The van der Waals surface area contributed by atoms with Gasteiger partial charge < -0.3 is 10.2 Å². The van der Waals surface area contributed by atoms with Gasteiger partial charge in [0.05, 0.1) is 10.8 Å². The predicted molar refractivity (Wildman–Crippen MR) is 139 cm³/mol. The molecule has 0 aromatic heterocycles. The summed E-state index contributed by atoms with van der Waals surface area (Å²) in [5, 5.41) is 3.46. The highest BCUT2D eigenvalue weighted by Crippen LogP contribution is 2.37. The number of carbonyl (C=O) groups excluding carboxylic acids is 1. The second kappa shape index (κ2) is 9.96. The molecule has 182 valence electrons. The average Bonchev–Trinajstić information content (AvgIpc) is 3.38. The van der Waals surface area contributed by atoms with Crippen LogP contribution in [0.15, 0.2) is 83.8 Å². The average molecular weight is 489 g/mol. The number of amides is 1. The van der Waals surface area contributed by atoms with Crippen molar-refractivity contribution in [3.63, 3.8) is 0 Å². The number of hydrogen-bond acceptors (Lipinski definition) is 4. The fourth-order valence-corrected chi connectivity index (χ4v) is 6.25. The zero-order chi connectivity index (χ0) is 24.4. The number of likely N-dealkylation sites (tertiary alicyclic amines) is 1. The summed E-state index contributed by atoms with van der Waals surface area (Å²) in [4.78, 5) is 16.0. The molecule has 6 heteroatoms. The van der Waals surface area contributed by atoms with Crippen molar-refractivity contribution in [1.29, 1.82) is 0 Å². The Kier molecular flexibility index (Phi) is 6.76. The number of sulfone groups is 1.